The molecule has 6 heteroatoms. The third-order valence-corrected chi connectivity index (χ3v) is 5.43. The van der Waals surface area contributed by atoms with Crippen LogP contribution in [0.25, 0.3) is 22.2 Å². The molecule has 1 N–H and O–H groups in total. The molecule has 1 aromatic carbocycles. The van der Waals surface area contributed by atoms with Crippen molar-refractivity contribution < 1.29 is 9.53 Å². The summed E-state index contributed by atoms with van der Waals surface area (Å²) in [4.78, 5) is 21.7. The van der Waals surface area contributed by atoms with Crippen molar-refractivity contribution >= 4 is 45.2 Å². The van der Waals surface area contributed by atoms with E-state index in [4.69, 9.17) is 4.74 Å². The number of nitrogens with one attached hydrogen (secondary N) is 1. The maximum Gasteiger partial charge on any atom is 0.250 e. The van der Waals surface area contributed by atoms with E-state index in [0.29, 0.717) is 13.2 Å². The van der Waals surface area contributed by atoms with Crippen LogP contribution in [-0.4, -0.2) is 29.0 Å². The third-order valence-electron chi connectivity index (χ3n) is 4.62. The predicted molar refractivity (Wildman–Crippen MR) is 112 cm³/mol. The van der Waals surface area contributed by atoms with E-state index in [-0.39, 0.29) is 5.91 Å². The lowest BCUT2D eigenvalue weighted by Gasteiger charge is -2.16. The van der Waals surface area contributed by atoms with Gasteiger partial charge in [0.05, 0.1) is 15.7 Å². The number of fused-ring (bicyclic) bond motifs is 2. The molecule has 5 nitrogen and oxygen atoms in total. The summed E-state index contributed by atoms with van der Waals surface area (Å²) in [6.45, 7) is 6.87. The van der Waals surface area contributed by atoms with E-state index >= 15 is 0 Å². The zero-order chi connectivity index (χ0) is 18.3. The largest absolute Gasteiger partial charge is 0.493 e. The quantitative estimate of drug-likeness (QED) is 0.468. The zero-order valence-electron chi connectivity index (χ0n) is 14.4. The fraction of sp³-hybridized carbons (Fsp3) is 0.200. The Hall–Kier alpha value is -2.35. The number of rotatable bonds is 4. The lowest BCUT2D eigenvalue weighted by molar-refractivity contribution is -0.114. The van der Waals surface area contributed by atoms with Crippen LogP contribution >= 0.6 is 22.6 Å². The molecule has 0 fully saturated rings. The van der Waals surface area contributed by atoms with E-state index < -0.39 is 0 Å². The van der Waals surface area contributed by atoms with Crippen LogP contribution in [-0.2, 0) is 11.2 Å². The Balaban J connectivity index is 1.91. The molecule has 1 aliphatic rings. The van der Waals surface area contributed by atoms with E-state index in [2.05, 4.69) is 57.3 Å². The molecule has 0 atom stereocenters. The highest BCUT2D eigenvalue weighted by molar-refractivity contribution is 14.1. The van der Waals surface area contributed by atoms with Gasteiger partial charge < -0.3 is 14.6 Å². The van der Waals surface area contributed by atoms with Crippen molar-refractivity contribution in [3.05, 3.63) is 52.4 Å². The van der Waals surface area contributed by atoms with Gasteiger partial charge >= 0.3 is 0 Å². The topological polar surface area (TPSA) is 58.2 Å². The summed E-state index contributed by atoms with van der Waals surface area (Å²) in [5.74, 6) is 0.748. The lowest BCUT2D eigenvalue weighted by Crippen LogP contribution is -2.26. The summed E-state index contributed by atoms with van der Waals surface area (Å²) >= 11 is 2.29. The van der Waals surface area contributed by atoms with Gasteiger partial charge in [-0.25, -0.2) is 4.98 Å². The van der Waals surface area contributed by atoms with Gasteiger partial charge in [-0.2, -0.15) is 0 Å². The Labute approximate surface area is 165 Å². The third kappa shape index (κ3) is 2.68. The Morgan fingerprint density at radius 2 is 2.31 bits per heavy atom. The molecule has 0 bridgehead atoms. The van der Waals surface area contributed by atoms with Crippen molar-refractivity contribution in [1.29, 1.82) is 0 Å². The molecule has 0 saturated carbocycles. The predicted octanol–water partition coefficient (Wildman–Crippen LogP) is 4.31. The van der Waals surface area contributed by atoms with Gasteiger partial charge in [0.2, 0.25) is 5.91 Å². The van der Waals surface area contributed by atoms with Gasteiger partial charge in [0.1, 0.15) is 11.4 Å². The van der Waals surface area contributed by atoms with Crippen molar-refractivity contribution in [2.24, 2.45) is 0 Å². The van der Waals surface area contributed by atoms with Crippen molar-refractivity contribution in [3.63, 3.8) is 0 Å². The van der Waals surface area contributed by atoms with Crippen molar-refractivity contribution in [3.8, 4) is 16.9 Å². The van der Waals surface area contributed by atoms with Crippen LogP contribution in [0.3, 0.4) is 0 Å². The zero-order valence-corrected chi connectivity index (χ0v) is 16.5. The Morgan fingerprint density at radius 1 is 1.46 bits per heavy atom. The molecule has 1 aliphatic heterocycles. The fourth-order valence-corrected chi connectivity index (χ4v) is 4.31. The number of pyridine rings is 1. The normalized spacial score (nSPS) is 13.1. The van der Waals surface area contributed by atoms with Crippen molar-refractivity contribution in [1.82, 2.24) is 9.97 Å². The number of aromatic nitrogens is 2. The van der Waals surface area contributed by atoms with Gasteiger partial charge in [-0.15, -0.1) is 0 Å². The van der Waals surface area contributed by atoms with Gasteiger partial charge in [-0.05, 0) is 65.3 Å². The molecular formula is C20H18IN3O2. The van der Waals surface area contributed by atoms with Crippen LogP contribution in [0.5, 0.6) is 5.75 Å². The molecule has 0 unspecified atom stereocenters. The van der Waals surface area contributed by atoms with Crippen LogP contribution in [0.15, 0.2) is 43.1 Å². The molecule has 0 radical (unpaired) electrons. The average molecular weight is 459 g/mol. The van der Waals surface area contributed by atoms with E-state index in [9.17, 15) is 4.79 Å². The molecule has 3 heterocycles. The number of H-pyrrole nitrogens is 1. The number of halogens is 1. The molecule has 0 aliphatic carbocycles. The first-order chi connectivity index (χ1) is 12.6. The highest BCUT2D eigenvalue weighted by Gasteiger charge is 2.25. The smallest absolute Gasteiger partial charge is 0.250 e. The van der Waals surface area contributed by atoms with Gasteiger partial charge in [-0.1, -0.05) is 18.7 Å². The molecule has 26 heavy (non-hydrogen) atoms. The second kappa shape index (κ2) is 6.75. The van der Waals surface area contributed by atoms with Crippen LogP contribution < -0.4 is 9.64 Å². The first kappa shape index (κ1) is 17.1. The maximum absolute atomic E-state index is 12.2. The molecule has 1 amide bonds. The van der Waals surface area contributed by atoms with Gasteiger partial charge in [-0.3, -0.25) is 4.79 Å². The average Bonchev–Trinajstić information content (AvgIpc) is 3.21. The highest BCUT2D eigenvalue weighted by Crippen LogP contribution is 2.40. The van der Waals surface area contributed by atoms with Crippen LogP contribution in [0.4, 0.5) is 5.69 Å². The first-order valence-corrected chi connectivity index (χ1v) is 9.58. The summed E-state index contributed by atoms with van der Waals surface area (Å²) in [5.41, 5.74) is 5.03. The number of nitrogens with zero attached hydrogens (tertiary/aromatic N) is 2. The van der Waals surface area contributed by atoms with Gasteiger partial charge in [0.15, 0.2) is 0 Å². The number of benzene rings is 1. The minimum absolute atomic E-state index is 0.0637. The standard InChI is InChI=1S/C20H18IN3O2/c1-3-16(25)24-10-8-12-5-6-13(11-14(12)24)17-18-15(26-4-2)7-9-22-20(18)23-19(17)21/h3,5-7,9,11H,1,4,8,10H2,2H3,(H,22,23). The van der Waals surface area contributed by atoms with Crippen molar-refractivity contribution in [2.75, 3.05) is 18.1 Å². The number of aromatic amines is 1. The number of carbonyl (C=O) groups excluding carboxylic acids is 1. The van der Waals surface area contributed by atoms with Gasteiger partial charge in [0, 0.05) is 24.0 Å². The SMILES string of the molecule is C=CC(=O)N1CCc2ccc(-c3c(I)[nH]c4nccc(OCC)c34)cc21. The summed E-state index contributed by atoms with van der Waals surface area (Å²) in [7, 11) is 0. The van der Waals surface area contributed by atoms with E-state index in [1.165, 1.54) is 11.6 Å². The summed E-state index contributed by atoms with van der Waals surface area (Å²) in [5, 5.41) is 0.971. The molecule has 2 aromatic heterocycles. The lowest BCUT2D eigenvalue weighted by atomic mass is 10.0. The first-order valence-electron chi connectivity index (χ1n) is 8.50. The molecule has 0 spiro atoms. The van der Waals surface area contributed by atoms with E-state index in [0.717, 1.165) is 43.7 Å². The van der Waals surface area contributed by atoms with Gasteiger partial charge in [0.25, 0.3) is 0 Å². The molecule has 132 valence electrons. The maximum atomic E-state index is 12.2. The van der Waals surface area contributed by atoms with Crippen LogP contribution in [0.1, 0.15) is 12.5 Å². The minimum atomic E-state index is -0.0637. The molecule has 4 rings (SSSR count). The van der Waals surface area contributed by atoms with E-state index in [1.807, 2.05) is 13.0 Å². The summed E-state index contributed by atoms with van der Waals surface area (Å²) < 4.78 is 6.82. The number of hydrogen-bond acceptors (Lipinski definition) is 3. The number of hydrogen-bond donors (Lipinski definition) is 1. The Kier molecular flexibility index (Phi) is 4.44. The van der Waals surface area contributed by atoms with E-state index in [1.54, 1.807) is 11.1 Å². The van der Waals surface area contributed by atoms with Crippen molar-refractivity contribution in [2.45, 2.75) is 13.3 Å². The minimum Gasteiger partial charge on any atom is -0.493 e. The number of anilines is 1. The molecule has 3 aromatic rings. The number of carbonyl (C=O) groups is 1. The van der Waals surface area contributed by atoms with Crippen LogP contribution in [0, 0.1) is 3.70 Å². The second-order valence-electron chi connectivity index (χ2n) is 6.07. The second-order valence-corrected chi connectivity index (χ2v) is 7.15. The number of amides is 1. The molecule has 0 saturated heterocycles. The summed E-state index contributed by atoms with van der Waals surface area (Å²) in [6, 6.07) is 8.18. The Bertz CT molecular complexity index is 1030. The number of ether oxygens (including phenoxy) is 1. The highest BCUT2D eigenvalue weighted by atomic mass is 127. The molecular weight excluding hydrogens is 441 g/mol. The Morgan fingerprint density at radius 3 is 3.08 bits per heavy atom. The fourth-order valence-electron chi connectivity index (χ4n) is 3.48. The summed E-state index contributed by atoms with van der Waals surface area (Å²) in [6.07, 6.45) is 3.98. The van der Waals surface area contributed by atoms with Crippen LogP contribution in [0.2, 0.25) is 0 Å². The monoisotopic (exact) mass is 459 g/mol.